The second kappa shape index (κ2) is 5.33. The summed E-state index contributed by atoms with van der Waals surface area (Å²) in [5, 5.41) is 7.26. The molecular formula is C14H24N4O. The number of nitrogens with zero attached hydrogens (tertiary/aromatic N) is 2. The molecule has 2 rings (SSSR count). The fraction of sp³-hybridized carbons (Fsp3) is 0.714. The van der Waals surface area contributed by atoms with Gasteiger partial charge in [0, 0.05) is 24.8 Å². The highest BCUT2D eigenvalue weighted by Crippen LogP contribution is 2.25. The Hall–Kier alpha value is -1.36. The number of rotatable bonds is 3. The second-order valence-electron chi connectivity index (χ2n) is 5.78. The predicted octanol–water partition coefficient (Wildman–Crippen LogP) is 1.43. The number of nitrogens with one attached hydrogen (secondary N) is 1. The van der Waals surface area contributed by atoms with Crippen LogP contribution in [0.15, 0.2) is 0 Å². The Morgan fingerprint density at radius 2 is 2.00 bits per heavy atom. The number of hydrogen-bond acceptors (Lipinski definition) is 3. The van der Waals surface area contributed by atoms with E-state index in [4.69, 9.17) is 5.73 Å². The molecule has 1 aliphatic rings. The smallest absolute Gasteiger partial charge is 0.255 e. The number of amides is 1. The van der Waals surface area contributed by atoms with E-state index in [0.717, 1.165) is 37.1 Å². The summed E-state index contributed by atoms with van der Waals surface area (Å²) >= 11 is 0. The molecular weight excluding hydrogens is 240 g/mol. The van der Waals surface area contributed by atoms with Gasteiger partial charge in [-0.25, -0.2) is 0 Å². The lowest BCUT2D eigenvalue weighted by molar-refractivity contribution is 0.0936. The first-order valence-electron chi connectivity index (χ1n) is 7.00. The first-order chi connectivity index (χ1) is 8.93. The largest absolute Gasteiger partial charge is 0.350 e. The van der Waals surface area contributed by atoms with Crippen LogP contribution in [0, 0.1) is 13.8 Å². The lowest BCUT2D eigenvalue weighted by atomic mass is 9.82. The van der Waals surface area contributed by atoms with Crippen LogP contribution in [-0.2, 0) is 7.05 Å². The fourth-order valence-electron chi connectivity index (χ4n) is 2.88. The van der Waals surface area contributed by atoms with Crippen molar-refractivity contribution in [1.29, 1.82) is 0 Å². The van der Waals surface area contributed by atoms with Crippen molar-refractivity contribution in [3.05, 3.63) is 17.0 Å². The lowest BCUT2D eigenvalue weighted by Crippen LogP contribution is -2.51. The molecule has 1 saturated carbocycles. The zero-order chi connectivity index (χ0) is 14.0. The number of hydrogen-bond donors (Lipinski definition) is 2. The van der Waals surface area contributed by atoms with Crippen molar-refractivity contribution in [3.63, 3.8) is 0 Å². The summed E-state index contributed by atoms with van der Waals surface area (Å²) in [6.45, 7) is 4.33. The van der Waals surface area contributed by atoms with Gasteiger partial charge in [-0.2, -0.15) is 5.10 Å². The monoisotopic (exact) mass is 264 g/mol. The molecule has 3 N–H and O–H groups in total. The maximum atomic E-state index is 12.3. The summed E-state index contributed by atoms with van der Waals surface area (Å²) in [5.74, 6) is -0.0569. The van der Waals surface area contributed by atoms with Crippen LogP contribution in [0.25, 0.3) is 0 Å². The minimum Gasteiger partial charge on any atom is -0.350 e. The fourth-order valence-corrected chi connectivity index (χ4v) is 2.88. The van der Waals surface area contributed by atoms with Crippen molar-refractivity contribution >= 4 is 5.91 Å². The summed E-state index contributed by atoms with van der Waals surface area (Å²) in [5.41, 5.74) is 8.45. The standard InChI is InChI=1S/C14H24N4O/c1-10-12(11(2)18(3)17-10)13(19)16-9-14(15)7-5-4-6-8-14/h4-9,15H2,1-3H3,(H,16,19). The number of aromatic nitrogens is 2. The van der Waals surface area contributed by atoms with Gasteiger partial charge in [0.15, 0.2) is 0 Å². The van der Waals surface area contributed by atoms with E-state index < -0.39 is 0 Å². The third kappa shape index (κ3) is 2.97. The third-order valence-corrected chi connectivity index (χ3v) is 4.19. The van der Waals surface area contributed by atoms with Gasteiger partial charge in [0.05, 0.1) is 11.3 Å². The van der Waals surface area contributed by atoms with Gasteiger partial charge in [0.1, 0.15) is 0 Å². The Kier molecular flexibility index (Phi) is 3.94. The molecule has 0 bridgehead atoms. The first kappa shape index (κ1) is 14.1. The molecule has 1 fully saturated rings. The Labute approximate surface area is 114 Å². The van der Waals surface area contributed by atoms with Crippen LogP contribution in [0.5, 0.6) is 0 Å². The molecule has 0 unspecified atom stereocenters. The quantitative estimate of drug-likeness (QED) is 0.867. The molecule has 0 aromatic carbocycles. The normalized spacial score (nSPS) is 18.3. The van der Waals surface area contributed by atoms with Gasteiger partial charge in [0.2, 0.25) is 0 Å². The van der Waals surface area contributed by atoms with Gasteiger partial charge >= 0.3 is 0 Å². The SMILES string of the molecule is Cc1nn(C)c(C)c1C(=O)NCC1(N)CCCCC1. The molecule has 19 heavy (non-hydrogen) atoms. The van der Waals surface area contributed by atoms with E-state index in [0.29, 0.717) is 12.1 Å². The Morgan fingerprint density at radius 1 is 1.37 bits per heavy atom. The first-order valence-corrected chi connectivity index (χ1v) is 7.00. The average molecular weight is 264 g/mol. The molecule has 0 radical (unpaired) electrons. The highest BCUT2D eigenvalue weighted by Gasteiger charge is 2.28. The summed E-state index contributed by atoms with van der Waals surface area (Å²) in [7, 11) is 1.85. The van der Waals surface area contributed by atoms with Crippen LogP contribution in [0.2, 0.25) is 0 Å². The van der Waals surface area contributed by atoms with Crippen LogP contribution in [0.1, 0.15) is 53.8 Å². The Bertz CT molecular complexity index is 472. The molecule has 1 heterocycles. The summed E-state index contributed by atoms with van der Waals surface area (Å²) in [6, 6.07) is 0. The average Bonchev–Trinajstić information content (AvgIpc) is 2.62. The highest BCUT2D eigenvalue weighted by atomic mass is 16.1. The number of aryl methyl sites for hydroxylation is 2. The van der Waals surface area contributed by atoms with Crippen molar-refractivity contribution in [2.24, 2.45) is 12.8 Å². The molecule has 0 atom stereocenters. The molecule has 106 valence electrons. The molecule has 1 amide bonds. The minimum atomic E-state index is -0.224. The lowest BCUT2D eigenvalue weighted by Gasteiger charge is -2.33. The van der Waals surface area contributed by atoms with E-state index in [2.05, 4.69) is 10.4 Å². The van der Waals surface area contributed by atoms with Crippen LogP contribution < -0.4 is 11.1 Å². The van der Waals surface area contributed by atoms with Crippen molar-refractivity contribution in [2.75, 3.05) is 6.54 Å². The van der Waals surface area contributed by atoms with E-state index in [9.17, 15) is 4.79 Å². The summed E-state index contributed by atoms with van der Waals surface area (Å²) in [4.78, 5) is 12.3. The number of nitrogens with two attached hydrogens (primary N) is 1. The van der Waals surface area contributed by atoms with Crippen LogP contribution in [0.3, 0.4) is 0 Å². The molecule has 0 aliphatic heterocycles. The Morgan fingerprint density at radius 3 is 2.53 bits per heavy atom. The molecule has 0 spiro atoms. The van der Waals surface area contributed by atoms with E-state index in [-0.39, 0.29) is 11.4 Å². The van der Waals surface area contributed by atoms with Gasteiger partial charge in [-0.3, -0.25) is 9.48 Å². The van der Waals surface area contributed by atoms with Crippen LogP contribution >= 0.6 is 0 Å². The van der Waals surface area contributed by atoms with Gasteiger partial charge in [0.25, 0.3) is 5.91 Å². The zero-order valence-electron chi connectivity index (χ0n) is 12.1. The molecule has 0 saturated heterocycles. The predicted molar refractivity (Wildman–Crippen MR) is 75.0 cm³/mol. The summed E-state index contributed by atoms with van der Waals surface area (Å²) in [6.07, 6.45) is 5.58. The van der Waals surface area contributed by atoms with Crippen LogP contribution in [-0.4, -0.2) is 27.8 Å². The van der Waals surface area contributed by atoms with E-state index in [1.807, 2.05) is 20.9 Å². The van der Waals surface area contributed by atoms with Gasteiger partial charge < -0.3 is 11.1 Å². The highest BCUT2D eigenvalue weighted by molar-refractivity contribution is 5.96. The maximum Gasteiger partial charge on any atom is 0.255 e. The van der Waals surface area contributed by atoms with Crippen molar-refractivity contribution in [2.45, 2.75) is 51.5 Å². The van der Waals surface area contributed by atoms with Gasteiger partial charge in [-0.1, -0.05) is 19.3 Å². The van der Waals surface area contributed by atoms with Gasteiger partial charge in [-0.05, 0) is 26.7 Å². The van der Waals surface area contributed by atoms with Crippen molar-refractivity contribution < 1.29 is 4.79 Å². The molecule has 1 aliphatic carbocycles. The van der Waals surface area contributed by atoms with Crippen LogP contribution in [0.4, 0.5) is 0 Å². The topological polar surface area (TPSA) is 72.9 Å². The third-order valence-electron chi connectivity index (χ3n) is 4.19. The molecule has 1 aromatic heterocycles. The van der Waals surface area contributed by atoms with Crippen molar-refractivity contribution in [3.8, 4) is 0 Å². The Balaban J connectivity index is 2.01. The number of carbonyl (C=O) groups is 1. The van der Waals surface area contributed by atoms with E-state index >= 15 is 0 Å². The van der Waals surface area contributed by atoms with Gasteiger partial charge in [-0.15, -0.1) is 0 Å². The zero-order valence-corrected chi connectivity index (χ0v) is 12.1. The molecule has 1 aromatic rings. The maximum absolute atomic E-state index is 12.3. The second-order valence-corrected chi connectivity index (χ2v) is 5.78. The van der Waals surface area contributed by atoms with Crippen molar-refractivity contribution in [1.82, 2.24) is 15.1 Å². The number of carbonyl (C=O) groups excluding carboxylic acids is 1. The van der Waals surface area contributed by atoms with E-state index in [1.54, 1.807) is 4.68 Å². The summed E-state index contributed by atoms with van der Waals surface area (Å²) < 4.78 is 1.74. The molecule has 5 nitrogen and oxygen atoms in total. The minimum absolute atomic E-state index is 0.0569. The molecule has 5 heteroatoms. The van der Waals surface area contributed by atoms with E-state index in [1.165, 1.54) is 6.42 Å².